The molecule has 0 bridgehead atoms. The molecule has 0 radical (unpaired) electrons. The lowest BCUT2D eigenvalue weighted by atomic mass is 10.2. The summed E-state index contributed by atoms with van der Waals surface area (Å²) < 4.78 is 9.36. The number of nitrogens with one attached hydrogen (secondary N) is 1. The first-order chi connectivity index (χ1) is 11.1. The van der Waals surface area contributed by atoms with Crippen LogP contribution in [0.4, 0.5) is 4.79 Å². The van der Waals surface area contributed by atoms with Crippen LogP contribution in [0.3, 0.4) is 0 Å². The van der Waals surface area contributed by atoms with E-state index in [-0.39, 0.29) is 0 Å². The van der Waals surface area contributed by atoms with E-state index in [1.54, 1.807) is 27.7 Å². The minimum absolute atomic E-state index is 0.492. The highest BCUT2D eigenvalue weighted by Crippen LogP contribution is 2.26. The first kappa shape index (κ1) is 24.3. The Morgan fingerprint density at radius 2 is 1.48 bits per heavy atom. The second kappa shape index (κ2) is 9.33. The Bertz CT molecular complexity index is 539. The average molecular weight is 582 g/mol. The highest BCUT2D eigenvalue weighted by Gasteiger charge is 2.32. The Morgan fingerprint density at radius 3 is 1.88 bits per heavy atom. The summed E-state index contributed by atoms with van der Waals surface area (Å²) in [5, 5.41) is 2.20. The third kappa shape index (κ3) is 9.01. The number of carbonyl (C=O) groups is 4. The largest absolute Gasteiger partial charge is 0.457 e. The number of hydrogen-bond donors (Lipinski definition) is 1. The van der Waals surface area contributed by atoms with E-state index in [9.17, 15) is 19.2 Å². The maximum atomic E-state index is 12.1. The lowest BCUT2D eigenvalue weighted by molar-refractivity contribution is -0.176. The van der Waals surface area contributed by atoms with Crippen molar-refractivity contribution in [2.75, 3.05) is 7.05 Å². The van der Waals surface area contributed by atoms with Crippen molar-refractivity contribution in [3.8, 4) is 0 Å². The maximum Gasteiger partial charge on any atom is 0.347 e. The van der Waals surface area contributed by atoms with Gasteiger partial charge in [-0.25, -0.2) is 14.4 Å². The van der Waals surface area contributed by atoms with Crippen LogP contribution in [0.15, 0.2) is 0 Å². The molecule has 0 aliphatic heterocycles. The number of amides is 3. The zero-order valence-electron chi connectivity index (χ0n) is 15.3. The molecule has 0 rings (SSSR count). The van der Waals surface area contributed by atoms with Gasteiger partial charge in [-0.1, -0.05) is 45.2 Å². The molecule has 0 spiro atoms. The van der Waals surface area contributed by atoms with E-state index in [4.69, 9.17) is 9.47 Å². The molecule has 0 aromatic heterocycles. The predicted octanol–water partition coefficient (Wildman–Crippen LogP) is 2.40. The average Bonchev–Trinajstić information content (AvgIpc) is 2.42. The fourth-order valence-corrected chi connectivity index (χ4v) is 1.60. The Morgan fingerprint density at radius 1 is 1.00 bits per heavy atom. The molecule has 0 heterocycles. The van der Waals surface area contributed by atoms with Crippen LogP contribution in [-0.4, -0.2) is 55.0 Å². The fourth-order valence-electron chi connectivity index (χ4n) is 1.33. The van der Waals surface area contributed by atoms with Crippen LogP contribution in [-0.2, 0) is 23.9 Å². The molecule has 144 valence electrons. The van der Waals surface area contributed by atoms with Gasteiger partial charge < -0.3 is 14.4 Å². The van der Waals surface area contributed by atoms with Crippen molar-refractivity contribution < 1.29 is 28.7 Å². The van der Waals surface area contributed by atoms with E-state index in [0.29, 0.717) is 0 Å². The number of likely N-dealkylation sites (N-methyl/N-ethyl adjacent to an activating group) is 1. The monoisotopic (exact) mass is 582 g/mol. The van der Waals surface area contributed by atoms with Crippen molar-refractivity contribution in [1.82, 2.24) is 10.2 Å². The van der Waals surface area contributed by atoms with Crippen molar-refractivity contribution in [2.24, 2.45) is 0 Å². The number of rotatable bonds is 5. The molecule has 2 unspecified atom stereocenters. The molecular weight excluding hydrogens is 558 g/mol. The van der Waals surface area contributed by atoms with E-state index in [1.807, 2.05) is 45.2 Å². The number of nitrogens with zero attached hydrogens (tertiary/aromatic N) is 1. The molecule has 3 amide bonds. The summed E-state index contributed by atoms with van der Waals surface area (Å²) in [7, 11) is 1.35. The van der Waals surface area contributed by atoms with Crippen molar-refractivity contribution in [3.05, 3.63) is 0 Å². The fraction of sp³-hybridized carbons (Fsp3) is 0.733. The zero-order valence-corrected chi connectivity index (χ0v) is 19.6. The van der Waals surface area contributed by atoms with Crippen LogP contribution in [0.5, 0.6) is 0 Å². The predicted molar refractivity (Wildman–Crippen MR) is 109 cm³/mol. The number of imide groups is 1. The molecule has 8 nitrogen and oxygen atoms in total. The molecule has 0 saturated carbocycles. The number of alkyl halides is 2. The quantitative estimate of drug-likeness (QED) is 0.304. The number of esters is 2. The van der Waals surface area contributed by atoms with Crippen LogP contribution < -0.4 is 5.32 Å². The molecule has 1 N–H and O–H groups in total. The number of carbonyl (C=O) groups excluding carboxylic acids is 4. The van der Waals surface area contributed by atoms with Gasteiger partial charge in [0.05, 0.1) is 0 Å². The molecule has 10 heteroatoms. The van der Waals surface area contributed by atoms with Gasteiger partial charge >= 0.3 is 18.0 Å². The van der Waals surface area contributed by atoms with E-state index in [0.717, 1.165) is 4.90 Å². The number of urea groups is 1. The summed E-state index contributed by atoms with van der Waals surface area (Å²) >= 11 is 3.77. The van der Waals surface area contributed by atoms with Gasteiger partial charge in [-0.3, -0.25) is 10.1 Å². The first-order valence-electron chi connectivity index (χ1n) is 7.45. The minimum atomic E-state index is -1.11. The standard InChI is InChI=1S/C15H24I2N2O6/c1-8(19(7)13(23)18-12(22)15(6,16)17)10(20)24-9(2)11(21)25-14(3,4)5/h8-9H,1-7H3,(H,18,22,23). The highest BCUT2D eigenvalue weighted by molar-refractivity contribution is 14.2. The SMILES string of the molecule is CC(OC(=O)C(C)N(C)C(=O)NC(=O)C(C)(I)I)C(=O)OC(C)(C)C. The molecule has 0 aliphatic carbocycles. The first-order valence-corrected chi connectivity index (χ1v) is 9.61. The van der Waals surface area contributed by atoms with Crippen LogP contribution in [0.2, 0.25) is 0 Å². The summed E-state index contributed by atoms with van der Waals surface area (Å²) in [4.78, 5) is 48.8. The summed E-state index contributed by atoms with van der Waals surface area (Å²) in [5.74, 6) is -1.95. The lowest BCUT2D eigenvalue weighted by Crippen LogP contribution is -2.51. The van der Waals surface area contributed by atoms with E-state index < -0.39 is 43.1 Å². The zero-order chi connectivity index (χ0) is 20.2. The molecule has 0 aromatic rings. The van der Waals surface area contributed by atoms with Crippen molar-refractivity contribution in [3.63, 3.8) is 0 Å². The summed E-state index contributed by atoms with van der Waals surface area (Å²) in [6.07, 6.45) is -1.11. The number of hydrogen-bond acceptors (Lipinski definition) is 6. The van der Waals surface area contributed by atoms with Gasteiger partial charge in [0.1, 0.15) is 13.1 Å². The molecule has 2 atom stereocenters. The van der Waals surface area contributed by atoms with Gasteiger partial charge in [-0.05, 0) is 41.5 Å². The normalized spacial score (nSPS) is 14.1. The minimum Gasteiger partial charge on any atom is -0.457 e. The van der Waals surface area contributed by atoms with Gasteiger partial charge in [0, 0.05) is 7.05 Å². The number of halogens is 2. The Hall–Kier alpha value is -0.660. The van der Waals surface area contributed by atoms with Gasteiger partial charge in [0.25, 0.3) is 5.91 Å². The topological polar surface area (TPSA) is 102 Å². The van der Waals surface area contributed by atoms with Crippen molar-refractivity contribution >= 4 is 69.1 Å². The summed E-state index contributed by atoms with van der Waals surface area (Å²) in [5.41, 5.74) is -0.702. The third-order valence-corrected chi connectivity index (χ3v) is 3.87. The molecule has 0 fully saturated rings. The third-order valence-electron chi connectivity index (χ3n) is 2.89. The van der Waals surface area contributed by atoms with Gasteiger partial charge in [-0.15, -0.1) is 0 Å². The Balaban J connectivity index is 4.74. The molecule has 0 aliphatic rings. The Kier molecular flexibility index (Phi) is 9.08. The summed E-state index contributed by atoms with van der Waals surface area (Å²) in [6, 6.07) is -1.73. The van der Waals surface area contributed by atoms with Gasteiger partial charge in [-0.2, -0.15) is 0 Å². The second-order valence-corrected chi connectivity index (χ2v) is 12.9. The van der Waals surface area contributed by atoms with Gasteiger partial charge in [0.2, 0.25) is 0 Å². The van der Waals surface area contributed by atoms with Crippen LogP contribution in [0.25, 0.3) is 0 Å². The van der Waals surface area contributed by atoms with E-state index in [2.05, 4.69) is 5.32 Å². The molecule has 25 heavy (non-hydrogen) atoms. The highest BCUT2D eigenvalue weighted by atomic mass is 127. The molecular formula is C15H24I2N2O6. The van der Waals surface area contributed by atoms with Gasteiger partial charge in [0.15, 0.2) is 6.10 Å². The lowest BCUT2D eigenvalue weighted by Gasteiger charge is -2.26. The van der Waals surface area contributed by atoms with E-state index in [1.165, 1.54) is 20.9 Å². The van der Waals surface area contributed by atoms with Crippen molar-refractivity contribution in [2.45, 2.75) is 60.7 Å². The maximum absolute atomic E-state index is 12.1. The molecule has 0 aromatic carbocycles. The number of ether oxygens (including phenoxy) is 2. The molecule has 0 saturated heterocycles. The smallest absolute Gasteiger partial charge is 0.347 e. The summed E-state index contributed by atoms with van der Waals surface area (Å²) in [6.45, 7) is 9.56. The second-order valence-electron chi connectivity index (χ2n) is 6.55. The van der Waals surface area contributed by atoms with Crippen LogP contribution in [0.1, 0.15) is 41.5 Å². The van der Waals surface area contributed by atoms with Crippen LogP contribution >= 0.6 is 45.2 Å². The van der Waals surface area contributed by atoms with Crippen LogP contribution in [0, 0.1) is 0 Å². The Labute approximate surface area is 175 Å². The van der Waals surface area contributed by atoms with E-state index >= 15 is 0 Å². The van der Waals surface area contributed by atoms with Crippen molar-refractivity contribution in [1.29, 1.82) is 0 Å².